The first-order valence-corrected chi connectivity index (χ1v) is 9.14. The number of ether oxygens (including phenoxy) is 1. The summed E-state index contributed by atoms with van der Waals surface area (Å²) in [5.74, 6) is 0.0482. The molecule has 1 N–H and O–H groups in total. The van der Waals surface area contributed by atoms with Crippen LogP contribution in [0.15, 0.2) is 24.3 Å². The van der Waals surface area contributed by atoms with Crippen molar-refractivity contribution in [2.45, 2.75) is 31.7 Å². The quantitative estimate of drug-likeness (QED) is 0.844. The molecule has 1 unspecified atom stereocenters. The van der Waals surface area contributed by atoms with E-state index in [2.05, 4.69) is 0 Å². The molecule has 2 heterocycles. The highest BCUT2D eigenvalue weighted by atomic mass is 32.2. The largest absolute Gasteiger partial charge is 0.508 e. The Hall–Kier alpha value is -1.22. The summed E-state index contributed by atoms with van der Waals surface area (Å²) in [6.07, 6.45) is 0.460. The van der Waals surface area contributed by atoms with E-state index in [-0.39, 0.29) is 38.0 Å². The van der Waals surface area contributed by atoms with E-state index in [4.69, 9.17) is 4.74 Å². The Balaban J connectivity index is 1.79. The molecule has 0 radical (unpaired) electrons. The summed E-state index contributed by atoms with van der Waals surface area (Å²) in [5, 5.41) is 9.91. The number of hydrogen-bond donors (Lipinski definition) is 1. The molecule has 1 aromatic rings. The van der Waals surface area contributed by atoms with Gasteiger partial charge in [-0.15, -0.1) is 0 Å². The minimum Gasteiger partial charge on any atom is -0.508 e. The lowest BCUT2D eigenvalue weighted by atomic mass is 10.2. The third-order valence-electron chi connectivity index (χ3n) is 4.23. The Labute approximate surface area is 135 Å². The van der Waals surface area contributed by atoms with E-state index in [1.807, 2.05) is 0 Å². The average Bonchev–Trinajstić information content (AvgIpc) is 2.98. The zero-order valence-corrected chi connectivity index (χ0v) is 13.6. The minimum atomic E-state index is -3.76. The predicted molar refractivity (Wildman–Crippen MR) is 82.9 cm³/mol. The van der Waals surface area contributed by atoms with Gasteiger partial charge < -0.3 is 9.84 Å². The van der Waals surface area contributed by atoms with Gasteiger partial charge >= 0.3 is 0 Å². The molecule has 2 saturated heterocycles. The van der Waals surface area contributed by atoms with Gasteiger partial charge in [0.15, 0.2) is 0 Å². The molecule has 0 aromatic heterocycles. The molecule has 1 atom stereocenters. The fourth-order valence-corrected chi connectivity index (χ4v) is 4.51. The molecule has 2 aliphatic heterocycles. The first kappa shape index (κ1) is 16.6. The number of phenols is 1. The molecule has 0 spiro atoms. The highest BCUT2D eigenvalue weighted by molar-refractivity contribution is 7.86. The second kappa shape index (κ2) is 6.72. The number of nitrogens with zero attached hydrogens (tertiary/aromatic N) is 2. The van der Waals surface area contributed by atoms with Crippen LogP contribution in [0.3, 0.4) is 0 Å². The summed E-state index contributed by atoms with van der Waals surface area (Å²) >= 11 is 0. The van der Waals surface area contributed by atoms with Crippen LogP contribution in [0.25, 0.3) is 0 Å². The Bertz CT molecular complexity index is 643. The zero-order valence-electron chi connectivity index (χ0n) is 12.8. The molecule has 2 aliphatic rings. The minimum absolute atomic E-state index is 0.0440. The number of rotatable bonds is 6. The molecule has 0 saturated carbocycles. The maximum Gasteiger partial charge on any atom is 0.282 e. The summed E-state index contributed by atoms with van der Waals surface area (Å²) < 4.78 is 46.4. The number of benzene rings is 1. The highest BCUT2D eigenvalue weighted by Crippen LogP contribution is 2.26. The van der Waals surface area contributed by atoms with Crippen LogP contribution in [0.1, 0.15) is 18.4 Å². The number of aromatic hydroxyl groups is 1. The van der Waals surface area contributed by atoms with E-state index >= 15 is 0 Å². The van der Waals surface area contributed by atoms with Crippen molar-refractivity contribution in [2.24, 2.45) is 0 Å². The zero-order chi connectivity index (χ0) is 16.4. The van der Waals surface area contributed by atoms with E-state index in [1.54, 1.807) is 18.2 Å². The van der Waals surface area contributed by atoms with E-state index in [0.717, 1.165) is 17.1 Å². The van der Waals surface area contributed by atoms with Gasteiger partial charge in [0.25, 0.3) is 10.2 Å². The molecular formula is C15H21FN2O4S. The van der Waals surface area contributed by atoms with Crippen molar-refractivity contribution in [3.63, 3.8) is 0 Å². The van der Waals surface area contributed by atoms with Crippen molar-refractivity contribution in [1.29, 1.82) is 0 Å². The molecule has 23 heavy (non-hydrogen) atoms. The van der Waals surface area contributed by atoms with Crippen LogP contribution < -0.4 is 0 Å². The summed E-state index contributed by atoms with van der Waals surface area (Å²) in [7, 11) is -3.76. The number of phenolic OH excluding ortho intramolecular Hbond substituents is 1. The van der Waals surface area contributed by atoms with Crippen molar-refractivity contribution >= 4 is 10.2 Å². The molecular weight excluding hydrogens is 323 g/mol. The summed E-state index contributed by atoms with van der Waals surface area (Å²) in [4.78, 5) is 0. The molecule has 1 aromatic carbocycles. The van der Waals surface area contributed by atoms with Crippen molar-refractivity contribution < 1.29 is 22.7 Å². The Morgan fingerprint density at radius 3 is 2.70 bits per heavy atom. The van der Waals surface area contributed by atoms with E-state index in [9.17, 15) is 17.9 Å². The van der Waals surface area contributed by atoms with Crippen molar-refractivity contribution in [2.75, 3.05) is 26.2 Å². The van der Waals surface area contributed by atoms with Crippen LogP contribution >= 0.6 is 0 Å². The van der Waals surface area contributed by atoms with Crippen molar-refractivity contribution in [3.8, 4) is 5.75 Å². The van der Waals surface area contributed by atoms with E-state index in [0.29, 0.717) is 12.2 Å². The van der Waals surface area contributed by atoms with Crippen LogP contribution in [0.2, 0.25) is 0 Å². The second-order valence-corrected chi connectivity index (χ2v) is 7.91. The van der Waals surface area contributed by atoms with Crippen molar-refractivity contribution in [3.05, 3.63) is 29.8 Å². The van der Waals surface area contributed by atoms with Crippen molar-refractivity contribution in [1.82, 2.24) is 8.61 Å². The molecule has 0 aliphatic carbocycles. The smallest absolute Gasteiger partial charge is 0.282 e. The fraction of sp³-hybridized carbons (Fsp3) is 0.600. The molecule has 3 rings (SSSR count). The second-order valence-electron chi connectivity index (χ2n) is 5.98. The third kappa shape index (κ3) is 3.65. The fourth-order valence-electron chi connectivity index (χ4n) is 2.83. The third-order valence-corrected chi connectivity index (χ3v) is 6.11. The number of alkyl halides is 1. The maximum atomic E-state index is 13.1. The van der Waals surface area contributed by atoms with Crippen LogP contribution in [0.5, 0.6) is 5.75 Å². The molecule has 128 valence electrons. The number of halogens is 1. The van der Waals surface area contributed by atoms with Gasteiger partial charge in [-0.1, -0.05) is 18.2 Å². The van der Waals surface area contributed by atoms with Gasteiger partial charge in [0.1, 0.15) is 11.9 Å². The van der Waals surface area contributed by atoms with Crippen LogP contribution in [0, 0.1) is 0 Å². The van der Waals surface area contributed by atoms with Gasteiger partial charge in [-0.2, -0.15) is 17.0 Å². The van der Waals surface area contributed by atoms with Crippen LogP contribution in [-0.2, 0) is 21.5 Å². The van der Waals surface area contributed by atoms with Crippen LogP contribution in [-0.4, -0.2) is 60.7 Å². The van der Waals surface area contributed by atoms with Crippen LogP contribution in [0.4, 0.5) is 4.39 Å². The Kier molecular flexibility index (Phi) is 4.86. The first-order chi connectivity index (χ1) is 11.0. The van der Waals surface area contributed by atoms with Gasteiger partial charge in [0.05, 0.1) is 6.10 Å². The summed E-state index contributed by atoms with van der Waals surface area (Å²) in [6, 6.07) is 6.63. The SMILES string of the molecule is O=S(=O)(N1CC(F)C1)N(Cc1ccccc1O)CC1CCCO1. The molecule has 6 nitrogen and oxygen atoms in total. The lowest BCUT2D eigenvalue weighted by Crippen LogP contribution is -2.56. The highest BCUT2D eigenvalue weighted by Gasteiger charge is 2.40. The average molecular weight is 344 g/mol. The van der Waals surface area contributed by atoms with Gasteiger partial charge in [-0.3, -0.25) is 0 Å². The monoisotopic (exact) mass is 344 g/mol. The molecule has 2 fully saturated rings. The lowest BCUT2D eigenvalue weighted by Gasteiger charge is -2.37. The summed E-state index contributed by atoms with van der Waals surface area (Å²) in [6.45, 7) is 0.675. The van der Waals surface area contributed by atoms with Gasteiger partial charge in [-0.25, -0.2) is 4.39 Å². The molecule has 8 heteroatoms. The van der Waals surface area contributed by atoms with Gasteiger partial charge in [0, 0.05) is 38.3 Å². The predicted octanol–water partition coefficient (Wildman–Crippen LogP) is 1.27. The first-order valence-electron chi connectivity index (χ1n) is 7.74. The molecule has 0 bridgehead atoms. The van der Waals surface area contributed by atoms with E-state index < -0.39 is 16.4 Å². The standard InChI is InChI=1S/C15H21FN2O4S/c16-13-9-18(10-13)23(20,21)17(11-14-5-3-7-22-14)8-12-4-1-2-6-15(12)19/h1-2,4,6,13-14,19H,3,5,7-11H2. The van der Waals surface area contributed by atoms with E-state index in [1.165, 1.54) is 10.4 Å². The summed E-state index contributed by atoms with van der Waals surface area (Å²) in [5.41, 5.74) is 0.520. The topological polar surface area (TPSA) is 70.1 Å². The lowest BCUT2D eigenvalue weighted by molar-refractivity contribution is 0.0850. The Morgan fingerprint density at radius 1 is 1.35 bits per heavy atom. The number of hydrogen-bond acceptors (Lipinski definition) is 4. The maximum absolute atomic E-state index is 13.1. The van der Waals surface area contributed by atoms with Gasteiger partial charge in [0.2, 0.25) is 0 Å². The Morgan fingerprint density at radius 2 is 2.09 bits per heavy atom. The number of para-hydroxylation sites is 1. The normalized spacial score (nSPS) is 23.3. The molecule has 0 amide bonds. The van der Waals surface area contributed by atoms with Gasteiger partial charge in [-0.05, 0) is 18.9 Å².